The van der Waals surface area contributed by atoms with Crippen LogP contribution >= 0.6 is 0 Å². The van der Waals surface area contributed by atoms with Crippen LogP contribution in [0.2, 0.25) is 0 Å². The van der Waals surface area contributed by atoms with Gasteiger partial charge in [-0.1, -0.05) is 54.6 Å². The highest BCUT2D eigenvalue weighted by molar-refractivity contribution is 5.80. The molecule has 3 heterocycles. The Labute approximate surface area is 191 Å². The molecule has 1 aliphatic carbocycles. The molecule has 6 rings (SSSR count). The number of aryl methyl sites for hydroxylation is 1. The molecule has 0 amide bonds. The SMILES string of the molecule is CO[C@H](c1ccc(-c2ccccc2-c2nnn[nH]2)cc1)c1ccc(C)c2nc(C3CC3)cn12. The molecule has 0 radical (unpaired) electrons. The van der Waals surface area contributed by atoms with Gasteiger partial charge < -0.3 is 9.14 Å². The van der Waals surface area contributed by atoms with E-state index < -0.39 is 0 Å². The van der Waals surface area contributed by atoms with Crippen LogP contribution in [0.15, 0.2) is 66.9 Å². The molecule has 3 aromatic heterocycles. The number of ether oxygens (including phenoxy) is 1. The van der Waals surface area contributed by atoms with E-state index in [-0.39, 0.29) is 6.10 Å². The third kappa shape index (κ3) is 3.50. The summed E-state index contributed by atoms with van der Waals surface area (Å²) in [4.78, 5) is 4.92. The zero-order valence-electron chi connectivity index (χ0n) is 18.6. The summed E-state index contributed by atoms with van der Waals surface area (Å²) in [5.74, 6) is 1.26. The predicted octanol–water partition coefficient (Wildman–Crippen LogP) is 5.10. The van der Waals surface area contributed by atoms with E-state index in [0.717, 1.165) is 33.6 Å². The van der Waals surface area contributed by atoms with Crippen molar-refractivity contribution in [2.45, 2.75) is 31.8 Å². The van der Waals surface area contributed by atoms with Crippen LogP contribution in [-0.4, -0.2) is 37.1 Å². The Morgan fingerprint density at radius 2 is 1.79 bits per heavy atom. The summed E-state index contributed by atoms with van der Waals surface area (Å²) in [6, 6.07) is 20.9. The molecule has 0 bridgehead atoms. The second-order valence-electron chi connectivity index (χ2n) is 8.61. The number of nitrogens with one attached hydrogen (secondary N) is 1. The number of imidazole rings is 1. The number of hydrogen-bond acceptors (Lipinski definition) is 5. The van der Waals surface area contributed by atoms with Crippen LogP contribution < -0.4 is 0 Å². The van der Waals surface area contributed by atoms with E-state index in [1.165, 1.54) is 24.1 Å². The minimum absolute atomic E-state index is 0.197. The lowest BCUT2D eigenvalue weighted by atomic mass is 9.96. The van der Waals surface area contributed by atoms with E-state index in [0.29, 0.717) is 11.7 Å². The van der Waals surface area contributed by atoms with Gasteiger partial charge in [0.05, 0.1) is 11.4 Å². The number of methoxy groups -OCH3 is 1. The van der Waals surface area contributed by atoms with Gasteiger partial charge in [-0.15, -0.1) is 5.10 Å². The molecule has 0 aliphatic heterocycles. The lowest BCUT2D eigenvalue weighted by molar-refractivity contribution is 0.132. The first-order valence-corrected chi connectivity index (χ1v) is 11.2. The second kappa shape index (κ2) is 7.94. The number of hydrogen-bond donors (Lipinski definition) is 1. The number of rotatable bonds is 6. The summed E-state index contributed by atoms with van der Waals surface area (Å²) >= 11 is 0. The second-order valence-corrected chi connectivity index (χ2v) is 8.61. The lowest BCUT2D eigenvalue weighted by Gasteiger charge is -2.19. The number of tetrazole rings is 1. The molecule has 0 spiro atoms. The summed E-state index contributed by atoms with van der Waals surface area (Å²) in [6.07, 6.45) is 4.47. The molecule has 164 valence electrons. The Balaban J connectivity index is 1.38. The fourth-order valence-electron chi connectivity index (χ4n) is 4.51. The molecular formula is C26H24N6O. The smallest absolute Gasteiger partial charge is 0.180 e. The molecule has 0 unspecified atom stereocenters. The largest absolute Gasteiger partial charge is 0.370 e. The van der Waals surface area contributed by atoms with Crippen molar-refractivity contribution >= 4 is 5.65 Å². The minimum atomic E-state index is -0.197. The van der Waals surface area contributed by atoms with Gasteiger partial charge in [-0.2, -0.15) is 0 Å². The average Bonchev–Trinajstić information content (AvgIpc) is 3.36. The standard InChI is InChI=1S/C26H24N6O/c1-16-7-14-23(32-15-22(18-10-11-18)27-26(16)32)24(33-2)19-12-8-17(9-13-19)20-5-3-4-6-21(20)25-28-30-31-29-25/h3-9,12-15,18,24H,10-11H2,1-2H3,(H,28,29,30,31)/t24-/m1/s1. The van der Waals surface area contributed by atoms with Gasteiger partial charge in [0.25, 0.3) is 0 Å². The van der Waals surface area contributed by atoms with Crippen LogP contribution in [0.1, 0.15) is 47.4 Å². The first-order chi connectivity index (χ1) is 16.2. The minimum Gasteiger partial charge on any atom is -0.370 e. The highest BCUT2D eigenvalue weighted by Gasteiger charge is 2.27. The maximum Gasteiger partial charge on any atom is 0.180 e. The number of benzene rings is 2. The Kier molecular flexibility index (Phi) is 4.77. The Hall–Kier alpha value is -3.84. The van der Waals surface area contributed by atoms with Crippen molar-refractivity contribution in [3.63, 3.8) is 0 Å². The summed E-state index contributed by atoms with van der Waals surface area (Å²) in [7, 11) is 1.76. The maximum absolute atomic E-state index is 6.00. The van der Waals surface area contributed by atoms with Gasteiger partial charge in [0, 0.05) is 24.8 Å². The molecule has 0 saturated heterocycles. The first-order valence-electron chi connectivity index (χ1n) is 11.2. The molecule has 1 N–H and O–H groups in total. The number of fused-ring (bicyclic) bond motifs is 1. The number of nitrogens with zero attached hydrogens (tertiary/aromatic N) is 5. The van der Waals surface area contributed by atoms with E-state index >= 15 is 0 Å². The third-order valence-electron chi connectivity index (χ3n) is 6.41. The van der Waals surface area contributed by atoms with Gasteiger partial charge in [0.1, 0.15) is 11.8 Å². The van der Waals surface area contributed by atoms with Crippen LogP contribution in [0.3, 0.4) is 0 Å². The molecule has 33 heavy (non-hydrogen) atoms. The van der Waals surface area contributed by atoms with Gasteiger partial charge in [-0.25, -0.2) is 10.1 Å². The van der Waals surface area contributed by atoms with Gasteiger partial charge in [0.2, 0.25) is 0 Å². The summed E-state index contributed by atoms with van der Waals surface area (Å²) in [6.45, 7) is 2.11. The first kappa shape index (κ1) is 19.8. The van der Waals surface area contributed by atoms with Gasteiger partial charge in [0.15, 0.2) is 5.82 Å². The average molecular weight is 437 g/mol. The molecule has 5 aromatic rings. The van der Waals surface area contributed by atoms with Crippen molar-refractivity contribution < 1.29 is 4.74 Å². The Morgan fingerprint density at radius 3 is 2.48 bits per heavy atom. The molecule has 1 fully saturated rings. The molecule has 1 atom stereocenters. The number of pyridine rings is 1. The van der Waals surface area contributed by atoms with Crippen LogP contribution in [0, 0.1) is 6.92 Å². The number of aromatic nitrogens is 6. The predicted molar refractivity (Wildman–Crippen MR) is 126 cm³/mol. The summed E-state index contributed by atoms with van der Waals surface area (Å²) in [5.41, 5.74) is 8.67. The van der Waals surface area contributed by atoms with Crippen LogP contribution in [-0.2, 0) is 4.74 Å². The van der Waals surface area contributed by atoms with Gasteiger partial charge in [-0.05, 0) is 58.5 Å². The number of H-pyrrole nitrogens is 1. The molecule has 1 saturated carbocycles. The summed E-state index contributed by atoms with van der Waals surface area (Å²) in [5, 5.41) is 14.4. The van der Waals surface area contributed by atoms with Crippen molar-refractivity contribution in [1.82, 2.24) is 30.0 Å². The molecule has 1 aliphatic rings. The maximum atomic E-state index is 6.00. The fraction of sp³-hybridized carbons (Fsp3) is 0.231. The third-order valence-corrected chi connectivity index (χ3v) is 6.41. The van der Waals surface area contributed by atoms with Crippen LogP contribution in [0.4, 0.5) is 0 Å². The van der Waals surface area contributed by atoms with Crippen molar-refractivity contribution in [3.8, 4) is 22.5 Å². The van der Waals surface area contributed by atoms with Crippen LogP contribution in [0.5, 0.6) is 0 Å². The Bertz CT molecular complexity index is 1420. The van der Waals surface area contributed by atoms with E-state index in [1.54, 1.807) is 7.11 Å². The van der Waals surface area contributed by atoms with E-state index in [2.05, 4.69) is 80.6 Å². The zero-order chi connectivity index (χ0) is 22.4. The lowest BCUT2D eigenvalue weighted by Crippen LogP contribution is -2.09. The van der Waals surface area contributed by atoms with Crippen LogP contribution in [0.25, 0.3) is 28.2 Å². The fourth-order valence-corrected chi connectivity index (χ4v) is 4.51. The van der Waals surface area contributed by atoms with E-state index in [4.69, 9.17) is 9.72 Å². The van der Waals surface area contributed by atoms with Crippen molar-refractivity contribution in [2.75, 3.05) is 7.11 Å². The van der Waals surface area contributed by atoms with Gasteiger partial charge >= 0.3 is 0 Å². The topological polar surface area (TPSA) is 81.0 Å². The highest BCUT2D eigenvalue weighted by Crippen LogP contribution is 2.40. The summed E-state index contributed by atoms with van der Waals surface area (Å²) < 4.78 is 8.21. The number of aromatic amines is 1. The van der Waals surface area contributed by atoms with Crippen molar-refractivity contribution in [3.05, 3.63) is 89.4 Å². The van der Waals surface area contributed by atoms with E-state index in [9.17, 15) is 0 Å². The van der Waals surface area contributed by atoms with E-state index in [1.807, 2.05) is 18.2 Å². The highest BCUT2D eigenvalue weighted by atomic mass is 16.5. The van der Waals surface area contributed by atoms with Gasteiger partial charge in [-0.3, -0.25) is 0 Å². The molecular weight excluding hydrogens is 412 g/mol. The normalized spacial score (nSPS) is 14.6. The molecule has 7 heteroatoms. The monoisotopic (exact) mass is 436 g/mol. The van der Waals surface area contributed by atoms with Crippen molar-refractivity contribution in [2.24, 2.45) is 0 Å². The van der Waals surface area contributed by atoms with Crippen molar-refractivity contribution in [1.29, 1.82) is 0 Å². The molecule has 7 nitrogen and oxygen atoms in total. The quantitative estimate of drug-likeness (QED) is 0.400. The Morgan fingerprint density at radius 1 is 1.00 bits per heavy atom. The zero-order valence-corrected chi connectivity index (χ0v) is 18.6. The molecule has 2 aromatic carbocycles.